The van der Waals surface area contributed by atoms with Crippen LogP contribution in [0.2, 0.25) is 0 Å². The van der Waals surface area contributed by atoms with Gasteiger partial charge in [0.1, 0.15) is 0 Å². The second-order valence-corrected chi connectivity index (χ2v) is 5.70. The molecule has 0 aromatic rings. The van der Waals surface area contributed by atoms with Gasteiger partial charge in [0.25, 0.3) is 0 Å². The van der Waals surface area contributed by atoms with Crippen molar-refractivity contribution in [3.05, 3.63) is 0 Å². The molecule has 2 rings (SSSR count). The summed E-state index contributed by atoms with van der Waals surface area (Å²) >= 11 is 0. The number of hydrogen-bond acceptors (Lipinski definition) is 3. The Balaban J connectivity index is 1.88. The maximum Gasteiger partial charge on any atom is 0.238 e. The molecule has 1 amide bonds. The number of piperidine rings is 1. The third-order valence-corrected chi connectivity index (χ3v) is 4.12. The van der Waals surface area contributed by atoms with Crippen molar-refractivity contribution in [3.8, 4) is 0 Å². The van der Waals surface area contributed by atoms with Crippen LogP contribution < -0.4 is 5.32 Å². The lowest BCUT2D eigenvalue weighted by molar-refractivity contribution is -0.130. The molecule has 1 N–H and O–H groups in total. The summed E-state index contributed by atoms with van der Waals surface area (Å²) in [6.07, 6.45) is 6.46. The van der Waals surface area contributed by atoms with Gasteiger partial charge < -0.3 is 9.80 Å². The Morgan fingerprint density at radius 1 is 1.33 bits per heavy atom. The molecule has 4 heteroatoms. The third kappa shape index (κ3) is 3.23. The Hall–Kier alpha value is -0.610. The maximum absolute atomic E-state index is 12.0. The van der Waals surface area contributed by atoms with E-state index in [1.54, 1.807) is 0 Å². The molecule has 2 fully saturated rings. The van der Waals surface area contributed by atoms with Gasteiger partial charge in [-0.1, -0.05) is 19.8 Å². The number of amides is 1. The van der Waals surface area contributed by atoms with E-state index < -0.39 is 0 Å². The van der Waals surface area contributed by atoms with Gasteiger partial charge in [0, 0.05) is 12.6 Å². The zero-order valence-electron chi connectivity index (χ0n) is 11.8. The monoisotopic (exact) mass is 253 g/mol. The second-order valence-electron chi connectivity index (χ2n) is 5.70. The van der Waals surface area contributed by atoms with Crippen molar-refractivity contribution < 1.29 is 4.79 Å². The summed E-state index contributed by atoms with van der Waals surface area (Å²) in [6.45, 7) is 8.35. The van der Waals surface area contributed by atoms with E-state index in [-0.39, 0.29) is 12.1 Å². The number of nitrogens with zero attached hydrogens (tertiary/aromatic N) is 2. The maximum atomic E-state index is 12.0. The summed E-state index contributed by atoms with van der Waals surface area (Å²) in [5, 5.41) is 3.33. The van der Waals surface area contributed by atoms with Crippen molar-refractivity contribution in [3.63, 3.8) is 0 Å². The number of carbonyl (C=O) groups is 1. The molecule has 0 radical (unpaired) electrons. The van der Waals surface area contributed by atoms with E-state index in [2.05, 4.69) is 29.0 Å². The normalized spacial score (nSPS) is 27.8. The predicted molar refractivity (Wildman–Crippen MR) is 73.3 cm³/mol. The molecule has 0 bridgehead atoms. The zero-order valence-corrected chi connectivity index (χ0v) is 11.8. The van der Waals surface area contributed by atoms with E-state index in [1.165, 1.54) is 32.4 Å². The highest BCUT2D eigenvalue weighted by atomic mass is 16.2. The molecular weight excluding hydrogens is 226 g/mol. The minimum Gasteiger partial charge on any atom is -0.322 e. The van der Waals surface area contributed by atoms with Crippen molar-refractivity contribution in [1.29, 1.82) is 0 Å². The van der Waals surface area contributed by atoms with E-state index in [0.29, 0.717) is 12.6 Å². The Bertz CT molecular complexity index is 276. The average Bonchev–Trinajstić information content (AvgIpc) is 2.72. The molecule has 0 saturated carbocycles. The summed E-state index contributed by atoms with van der Waals surface area (Å²) in [5.74, 6) is 0.276. The van der Waals surface area contributed by atoms with Gasteiger partial charge in [-0.25, -0.2) is 0 Å². The summed E-state index contributed by atoms with van der Waals surface area (Å²) in [7, 11) is 0. The lowest BCUT2D eigenvalue weighted by Gasteiger charge is -2.35. The second kappa shape index (κ2) is 6.53. The number of rotatable bonds is 5. The van der Waals surface area contributed by atoms with Gasteiger partial charge in [0.15, 0.2) is 0 Å². The van der Waals surface area contributed by atoms with Crippen LogP contribution in [0.25, 0.3) is 0 Å². The molecule has 18 heavy (non-hydrogen) atoms. The van der Waals surface area contributed by atoms with Crippen LogP contribution in [0.1, 0.15) is 46.0 Å². The van der Waals surface area contributed by atoms with E-state index >= 15 is 0 Å². The minimum absolute atomic E-state index is 0.266. The van der Waals surface area contributed by atoms with E-state index in [9.17, 15) is 4.79 Å². The molecule has 2 heterocycles. The first-order valence-corrected chi connectivity index (χ1v) is 7.49. The minimum atomic E-state index is 0.266. The SMILES string of the molecule is CCCC1NCC(=O)N1C(C)CN1CCCCC1. The highest BCUT2D eigenvalue weighted by Gasteiger charge is 2.33. The quantitative estimate of drug-likeness (QED) is 0.805. The Morgan fingerprint density at radius 2 is 2.06 bits per heavy atom. The van der Waals surface area contributed by atoms with Gasteiger partial charge in [-0.15, -0.1) is 0 Å². The van der Waals surface area contributed by atoms with Crippen LogP contribution in [0.15, 0.2) is 0 Å². The van der Waals surface area contributed by atoms with Gasteiger partial charge in [0.05, 0.1) is 12.7 Å². The van der Waals surface area contributed by atoms with Crippen LogP contribution in [0.5, 0.6) is 0 Å². The largest absolute Gasteiger partial charge is 0.322 e. The van der Waals surface area contributed by atoms with Gasteiger partial charge >= 0.3 is 0 Å². The van der Waals surface area contributed by atoms with Crippen molar-refractivity contribution in [2.45, 2.75) is 58.2 Å². The Morgan fingerprint density at radius 3 is 2.72 bits per heavy atom. The molecule has 4 nitrogen and oxygen atoms in total. The van der Waals surface area contributed by atoms with Gasteiger partial charge in [-0.2, -0.15) is 0 Å². The first-order chi connectivity index (χ1) is 8.72. The van der Waals surface area contributed by atoms with Crippen LogP contribution in [0.4, 0.5) is 0 Å². The standard InChI is InChI=1S/C14H27N3O/c1-3-7-13-15-10-14(18)17(13)12(2)11-16-8-5-4-6-9-16/h12-13,15H,3-11H2,1-2H3. The molecule has 104 valence electrons. The molecule has 0 spiro atoms. The fourth-order valence-electron chi connectivity index (χ4n) is 3.24. The van der Waals surface area contributed by atoms with Crippen molar-refractivity contribution in [2.24, 2.45) is 0 Å². The lowest BCUT2D eigenvalue weighted by Crippen LogP contribution is -2.49. The summed E-state index contributed by atoms with van der Waals surface area (Å²) in [4.78, 5) is 16.6. The highest BCUT2D eigenvalue weighted by molar-refractivity contribution is 5.81. The molecule has 0 aromatic carbocycles. The fourth-order valence-corrected chi connectivity index (χ4v) is 3.24. The molecule has 2 saturated heterocycles. The van der Waals surface area contributed by atoms with Crippen molar-refractivity contribution in [2.75, 3.05) is 26.2 Å². The number of nitrogens with one attached hydrogen (secondary N) is 1. The average molecular weight is 253 g/mol. The summed E-state index contributed by atoms with van der Waals surface area (Å²) in [6, 6.07) is 0.335. The molecule has 0 aliphatic carbocycles. The summed E-state index contributed by atoms with van der Waals surface area (Å²) < 4.78 is 0. The lowest BCUT2D eigenvalue weighted by atomic mass is 10.1. The first-order valence-electron chi connectivity index (χ1n) is 7.49. The number of likely N-dealkylation sites (tertiary alicyclic amines) is 1. The molecular formula is C14H27N3O. The fraction of sp³-hybridized carbons (Fsp3) is 0.929. The van der Waals surface area contributed by atoms with E-state index in [1.807, 2.05) is 0 Å². The molecule has 0 aromatic heterocycles. The van der Waals surface area contributed by atoms with Crippen LogP contribution in [-0.2, 0) is 4.79 Å². The van der Waals surface area contributed by atoms with Crippen LogP contribution in [0.3, 0.4) is 0 Å². The third-order valence-electron chi connectivity index (χ3n) is 4.12. The van der Waals surface area contributed by atoms with E-state index in [0.717, 1.165) is 19.4 Å². The smallest absolute Gasteiger partial charge is 0.238 e. The van der Waals surface area contributed by atoms with E-state index in [4.69, 9.17) is 0 Å². The van der Waals surface area contributed by atoms with Crippen molar-refractivity contribution >= 4 is 5.91 Å². The Labute approximate surface area is 111 Å². The van der Waals surface area contributed by atoms with Gasteiger partial charge in [-0.05, 0) is 39.3 Å². The number of hydrogen-bond donors (Lipinski definition) is 1. The zero-order chi connectivity index (χ0) is 13.0. The highest BCUT2D eigenvalue weighted by Crippen LogP contribution is 2.17. The Kier molecular flexibility index (Phi) is 5.01. The topological polar surface area (TPSA) is 35.6 Å². The van der Waals surface area contributed by atoms with Gasteiger partial charge in [-0.3, -0.25) is 10.1 Å². The molecule has 2 aliphatic heterocycles. The van der Waals surface area contributed by atoms with Crippen LogP contribution in [0, 0.1) is 0 Å². The molecule has 2 unspecified atom stereocenters. The first kappa shape index (κ1) is 13.8. The van der Waals surface area contributed by atoms with Crippen LogP contribution >= 0.6 is 0 Å². The van der Waals surface area contributed by atoms with Crippen molar-refractivity contribution in [1.82, 2.24) is 15.1 Å². The van der Waals surface area contributed by atoms with Crippen LogP contribution in [-0.4, -0.2) is 54.1 Å². The number of carbonyl (C=O) groups excluding carboxylic acids is 1. The molecule has 2 atom stereocenters. The summed E-state index contributed by atoms with van der Waals surface area (Å²) in [5.41, 5.74) is 0. The predicted octanol–water partition coefficient (Wildman–Crippen LogP) is 1.42. The van der Waals surface area contributed by atoms with Gasteiger partial charge in [0.2, 0.25) is 5.91 Å². The molecule has 2 aliphatic rings.